The molecule has 2 heterocycles. The first-order chi connectivity index (χ1) is 7.79. The van der Waals surface area contributed by atoms with Gasteiger partial charge in [-0.25, -0.2) is 0 Å². The summed E-state index contributed by atoms with van der Waals surface area (Å²) >= 11 is 1.41. The van der Waals surface area contributed by atoms with E-state index < -0.39 is 0 Å². The number of carbonyl (C=O) groups is 1. The number of carbonyl (C=O) groups excluding carboxylic acids is 1. The maximum Gasteiger partial charge on any atom is 0.261 e. The smallest absolute Gasteiger partial charge is 0.261 e. The Balaban J connectivity index is 1.82. The van der Waals surface area contributed by atoms with E-state index >= 15 is 0 Å². The number of nitrogens with one attached hydrogen (secondary N) is 2. The van der Waals surface area contributed by atoms with Crippen molar-refractivity contribution in [2.75, 3.05) is 26.7 Å². The zero-order chi connectivity index (χ0) is 11.4. The van der Waals surface area contributed by atoms with Crippen molar-refractivity contribution >= 4 is 17.2 Å². The molecule has 16 heavy (non-hydrogen) atoms. The van der Waals surface area contributed by atoms with Crippen molar-refractivity contribution in [2.24, 2.45) is 5.92 Å². The lowest BCUT2D eigenvalue weighted by Gasteiger charge is -2.08. The SMILES string of the molecule is COc1csc(C(=O)NCC2CCNC2)c1. The molecule has 1 aromatic heterocycles. The molecule has 2 rings (SSSR count). The van der Waals surface area contributed by atoms with E-state index in [-0.39, 0.29) is 5.91 Å². The van der Waals surface area contributed by atoms with Gasteiger partial charge < -0.3 is 15.4 Å². The summed E-state index contributed by atoms with van der Waals surface area (Å²) in [5.74, 6) is 1.32. The summed E-state index contributed by atoms with van der Waals surface area (Å²) in [6.45, 7) is 2.83. The molecule has 1 amide bonds. The van der Waals surface area contributed by atoms with Gasteiger partial charge in [0.05, 0.1) is 12.0 Å². The van der Waals surface area contributed by atoms with Crippen molar-refractivity contribution in [3.63, 3.8) is 0 Å². The van der Waals surface area contributed by atoms with Crippen LogP contribution in [0.3, 0.4) is 0 Å². The fraction of sp³-hybridized carbons (Fsp3) is 0.545. The Labute approximate surface area is 99.0 Å². The third-order valence-corrected chi connectivity index (χ3v) is 3.66. The van der Waals surface area contributed by atoms with Gasteiger partial charge in [0.15, 0.2) is 0 Å². The number of hydrogen-bond acceptors (Lipinski definition) is 4. The van der Waals surface area contributed by atoms with Gasteiger partial charge in [0.25, 0.3) is 5.91 Å². The molecule has 0 radical (unpaired) electrons. The van der Waals surface area contributed by atoms with Gasteiger partial charge in [0.1, 0.15) is 5.75 Å². The first-order valence-electron chi connectivity index (χ1n) is 5.41. The van der Waals surface area contributed by atoms with Gasteiger partial charge in [-0.05, 0) is 25.4 Å². The van der Waals surface area contributed by atoms with Crippen LogP contribution in [0, 0.1) is 5.92 Å². The standard InChI is InChI=1S/C11H16N2O2S/c1-15-9-4-10(16-7-9)11(14)13-6-8-2-3-12-5-8/h4,7-8,12H,2-3,5-6H2,1H3,(H,13,14). The van der Waals surface area contributed by atoms with Crippen molar-refractivity contribution < 1.29 is 9.53 Å². The van der Waals surface area contributed by atoms with E-state index in [4.69, 9.17) is 4.74 Å². The predicted octanol–water partition coefficient (Wildman–Crippen LogP) is 1.10. The second-order valence-corrected chi connectivity index (χ2v) is 4.83. The first-order valence-corrected chi connectivity index (χ1v) is 6.29. The van der Waals surface area contributed by atoms with Crippen LogP contribution >= 0.6 is 11.3 Å². The number of amides is 1. The van der Waals surface area contributed by atoms with E-state index in [0.29, 0.717) is 10.8 Å². The van der Waals surface area contributed by atoms with Crippen LogP contribution in [0.2, 0.25) is 0 Å². The van der Waals surface area contributed by atoms with Crippen molar-refractivity contribution in [1.82, 2.24) is 10.6 Å². The first kappa shape index (κ1) is 11.4. The molecule has 0 aliphatic carbocycles. The molecule has 1 aromatic rings. The van der Waals surface area contributed by atoms with Gasteiger partial charge in [0.2, 0.25) is 0 Å². The van der Waals surface area contributed by atoms with Crippen LogP contribution in [0.1, 0.15) is 16.1 Å². The Morgan fingerprint density at radius 2 is 2.62 bits per heavy atom. The van der Waals surface area contributed by atoms with Gasteiger partial charge in [-0.3, -0.25) is 4.79 Å². The lowest BCUT2D eigenvalue weighted by atomic mass is 10.1. The van der Waals surface area contributed by atoms with Gasteiger partial charge in [-0.1, -0.05) is 0 Å². The van der Waals surface area contributed by atoms with Crippen molar-refractivity contribution in [2.45, 2.75) is 6.42 Å². The highest BCUT2D eigenvalue weighted by molar-refractivity contribution is 7.12. The van der Waals surface area contributed by atoms with E-state index in [0.717, 1.165) is 31.8 Å². The molecule has 0 spiro atoms. The molecule has 0 saturated carbocycles. The quantitative estimate of drug-likeness (QED) is 0.828. The second kappa shape index (κ2) is 5.32. The summed E-state index contributed by atoms with van der Waals surface area (Å²) in [4.78, 5) is 12.5. The average molecular weight is 240 g/mol. The fourth-order valence-corrected chi connectivity index (χ4v) is 2.53. The lowest BCUT2D eigenvalue weighted by molar-refractivity contribution is 0.0952. The normalized spacial score (nSPS) is 19.7. The number of hydrogen-bond donors (Lipinski definition) is 2. The van der Waals surface area contributed by atoms with Crippen LogP contribution in [0.4, 0.5) is 0 Å². The maximum atomic E-state index is 11.8. The highest BCUT2D eigenvalue weighted by Crippen LogP contribution is 2.20. The molecule has 1 fully saturated rings. The monoisotopic (exact) mass is 240 g/mol. The molecule has 2 N–H and O–H groups in total. The van der Waals surface area contributed by atoms with Gasteiger partial charge >= 0.3 is 0 Å². The van der Waals surface area contributed by atoms with Gasteiger partial charge in [-0.15, -0.1) is 11.3 Å². The van der Waals surface area contributed by atoms with Crippen molar-refractivity contribution in [3.05, 3.63) is 16.3 Å². The minimum absolute atomic E-state index is 0.000185. The Bertz CT molecular complexity index is 359. The molecular weight excluding hydrogens is 224 g/mol. The van der Waals surface area contributed by atoms with E-state index in [1.807, 2.05) is 5.38 Å². The lowest BCUT2D eigenvalue weighted by Crippen LogP contribution is -2.29. The largest absolute Gasteiger partial charge is 0.496 e. The zero-order valence-corrected chi connectivity index (χ0v) is 10.1. The Morgan fingerprint density at radius 3 is 3.25 bits per heavy atom. The summed E-state index contributed by atoms with van der Waals surface area (Å²) in [7, 11) is 1.61. The van der Waals surface area contributed by atoms with Crippen LogP contribution < -0.4 is 15.4 Å². The summed E-state index contributed by atoms with van der Waals surface area (Å²) in [5, 5.41) is 8.07. The van der Waals surface area contributed by atoms with E-state index in [9.17, 15) is 4.79 Å². The maximum absolute atomic E-state index is 11.8. The second-order valence-electron chi connectivity index (χ2n) is 3.92. The molecule has 1 aliphatic heterocycles. The van der Waals surface area contributed by atoms with E-state index in [1.54, 1.807) is 13.2 Å². The highest BCUT2D eigenvalue weighted by atomic mass is 32.1. The highest BCUT2D eigenvalue weighted by Gasteiger charge is 2.16. The molecule has 1 saturated heterocycles. The molecular formula is C11H16N2O2S. The third kappa shape index (κ3) is 2.74. The molecule has 4 nitrogen and oxygen atoms in total. The minimum Gasteiger partial charge on any atom is -0.496 e. The zero-order valence-electron chi connectivity index (χ0n) is 9.29. The Hall–Kier alpha value is -1.07. The number of thiophene rings is 1. The summed E-state index contributed by atoms with van der Waals surface area (Å²) in [6, 6.07) is 1.77. The van der Waals surface area contributed by atoms with Gasteiger partial charge in [-0.2, -0.15) is 0 Å². The molecule has 5 heteroatoms. The molecule has 1 aliphatic rings. The van der Waals surface area contributed by atoms with Crippen LogP contribution in [0.15, 0.2) is 11.4 Å². The van der Waals surface area contributed by atoms with E-state index in [2.05, 4.69) is 10.6 Å². The van der Waals surface area contributed by atoms with Crippen LogP contribution in [0.25, 0.3) is 0 Å². The topological polar surface area (TPSA) is 50.4 Å². The summed E-state index contributed by atoms with van der Waals surface area (Å²) in [6.07, 6.45) is 1.15. The molecule has 88 valence electrons. The minimum atomic E-state index is 0.000185. The van der Waals surface area contributed by atoms with Gasteiger partial charge in [0, 0.05) is 18.0 Å². The number of ether oxygens (including phenoxy) is 1. The average Bonchev–Trinajstić information content (AvgIpc) is 2.96. The van der Waals surface area contributed by atoms with Crippen LogP contribution in [0.5, 0.6) is 5.75 Å². The molecule has 0 bridgehead atoms. The summed E-state index contributed by atoms with van der Waals surface area (Å²) < 4.78 is 5.04. The third-order valence-electron chi connectivity index (χ3n) is 2.75. The number of methoxy groups -OCH3 is 1. The van der Waals surface area contributed by atoms with Crippen LogP contribution in [-0.2, 0) is 0 Å². The molecule has 0 aromatic carbocycles. The molecule has 1 unspecified atom stereocenters. The Kier molecular flexibility index (Phi) is 3.79. The molecule has 1 atom stereocenters. The van der Waals surface area contributed by atoms with Crippen molar-refractivity contribution in [1.29, 1.82) is 0 Å². The van der Waals surface area contributed by atoms with E-state index in [1.165, 1.54) is 11.3 Å². The number of rotatable bonds is 4. The van der Waals surface area contributed by atoms with Crippen LogP contribution in [-0.4, -0.2) is 32.7 Å². The van der Waals surface area contributed by atoms with Crippen molar-refractivity contribution in [3.8, 4) is 5.75 Å². The predicted molar refractivity (Wildman–Crippen MR) is 64.2 cm³/mol. The Morgan fingerprint density at radius 1 is 1.75 bits per heavy atom. The fourth-order valence-electron chi connectivity index (χ4n) is 1.76. The summed E-state index contributed by atoms with van der Waals surface area (Å²) in [5.41, 5.74) is 0.